The summed E-state index contributed by atoms with van der Waals surface area (Å²) in [6, 6.07) is 2.43. The van der Waals surface area contributed by atoms with Gasteiger partial charge in [-0.2, -0.15) is 0 Å². The molecule has 19 unspecified atom stereocenters. The van der Waals surface area contributed by atoms with Gasteiger partial charge in [-0.15, -0.1) is 0 Å². The lowest BCUT2D eigenvalue weighted by Crippen LogP contribution is -2.78. The number of benzene rings is 1. The van der Waals surface area contributed by atoms with E-state index in [1.54, 1.807) is 11.6 Å². The van der Waals surface area contributed by atoms with E-state index in [0.717, 1.165) is 12.2 Å². The number of allylic oxidation sites excluding steroid dienone is 4. The molecular formula is C64H83N5O8S2. The number of nitrogens with zero attached hydrogens (tertiary/aromatic N) is 1. The van der Waals surface area contributed by atoms with E-state index in [1.165, 1.54) is 77.2 Å². The van der Waals surface area contributed by atoms with E-state index < -0.39 is 64.9 Å². The summed E-state index contributed by atoms with van der Waals surface area (Å²) < 4.78 is 13.1. The zero-order valence-corrected chi connectivity index (χ0v) is 47.6. The molecule has 1 aromatic carbocycles. The van der Waals surface area contributed by atoms with Crippen molar-refractivity contribution in [3.05, 3.63) is 59.2 Å². The number of aliphatic hydroxyl groups excluding tert-OH is 3. The second-order valence-corrected chi connectivity index (χ2v) is 29.8. The third-order valence-corrected chi connectivity index (χ3v) is 26.4. The van der Waals surface area contributed by atoms with Crippen LogP contribution in [0.25, 0.3) is 0 Å². The highest BCUT2D eigenvalue weighted by atomic mass is 33.1. The number of carbonyl (C=O) groups is 1. The van der Waals surface area contributed by atoms with Crippen LogP contribution >= 0.6 is 21.6 Å². The standard InChI is InChI=1S/C64H83N5O8S2/c1-37(70)76-52-29-45(71)17-23-61-22-15-39-25-38-7-13-47(33-66-35-60(31-38)32-46(18-24-67-60)77-53-28-41(27-48(39)52)49(57(74)75)30-51(53)72)79-78-36-62(69-58(65)68-54(61)5-4-6-55(61)73)34-63-44(16-21-59(63)19-2-3-20-59)26-40-8-9-42-10-11-43-12-14-50(63)56(40)64(42,43)62/h4-5,12,14,26,28,30,38-39,42-48,50,52,54-57,66-67,71-75H,2-3,6,8-11,16-21,23-25,27,29,31-36H2,1H3,(H3,65,68,69). The average Bonchev–Trinajstić information content (AvgIpc) is 2.03. The number of guanidine groups is 1. The summed E-state index contributed by atoms with van der Waals surface area (Å²) in [6.45, 7) is 3.42. The lowest BCUT2D eigenvalue weighted by atomic mass is 9.31. The quantitative estimate of drug-likeness (QED) is 0.0462. The molecule has 12 bridgehead atoms. The number of fused-ring (bicyclic) bond motifs is 4. The highest BCUT2D eigenvalue weighted by molar-refractivity contribution is 8.77. The molecule has 13 aliphatic rings. The minimum atomic E-state index is -1.93. The molecule has 0 radical (unpaired) electrons. The SMILES string of the molecule is CC(=O)OC1CC(O)CCC23C#CC4CC5C#CC(CNCC6(C5)CC(CCN6)Oc5cc(c(C(O)O)cc5O)CC41)SSCC1(CC45C(C=C6CCC7CCC8C=CC4C6C871)CCC51CCCC1)NC(N)=NC2C=CCC3O. The van der Waals surface area contributed by atoms with Crippen LogP contribution in [0.5, 0.6) is 11.5 Å². The van der Waals surface area contributed by atoms with Crippen LogP contribution in [-0.4, -0.2) is 110 Å². The molecule has 6 fully saturated rings. The van der Waals surface area contributed by atoms with E-state index >= 15 is 0 Å². The third-order valence-electron chi connectivity index (χ3n) is 23.7. The van der Waals surface area contributed by atoms with Gasteiger partial charge in [0.05, 0.1) is 34.5 Å². The predicted octanol–water partition coefficient (Wildman–Crippen LogP) is 7.51. The molecule has 14 rings (SSSR count). The number of aromatic hydroxyl groups is 1. The Morgan fingerprint density at radius 2 is 1.85 bits per heavy atom. The Morgan fingerprint density at radius 1 is 0.975 bits per heavy atom. The molecular weight excluding hydrogens is 1030 g/mol. The number of phenols is 1. The van der Waals surface area contributed by atoms with Gasteiger partial charge in [0.1, 0.15) is 12.2 Å². The molecule has 13 nitrogen and oxygen atoms in total. The highest BCUT2D eigenvalue weighted by Crippen LogP contribution is 2.83. The summed E-state index contributed by atoms with van der Waals surface area (Å²) in [5.74, 6) is 17.4. The summed E-state index contributed by atoms with van der Waals surface area (Å²) in [6.07, 6.45) is 24.9. The Labute approximate surface area is 474 Å². The van der Waals surface area contributed by atoms with Crippen LogP contribution in [0.4, 0.5) is 0 Å². The number of nitrogens with two attached hydrogens (primary N) is 1. The molecule has 0 amide bonds. The number of rotatable bonds is 2. The molecule has 15 heteroatoms. The number of hydrogen-bond donors (Lipinski definition) is 9. The number of nitrogens with one attached hydrogen (secondary N) is 3. The molecule has 0 aromatic heterocycles. The lowest BCUT2D eigenvalue weighted by molar-refractivity contribution is -0.190. The second-order valence-electron chi connectivity index (χ2n) is 27.3. The van der Waals surface area contributed by atoms with Gasteiger partial charge in [0.15, 0.2) is 23.7 Å². The van der Waals surface area contributed by atoms with Crippen molar-refractivity contribution in [1.29, 1.82) is 0 Å². The maximum Gasteiger partial charge on any atom is 0.302 e. The van der Waals surface area contributed by atoms with Gasteiger partial charge < -0.3 is 56.7 Å². The fraction of sp³-hybridized carbons (Fsp3) is 0.719. The zero-order chi connectivity index (χ0) is 54.1. The summed E-state index contributed by atoms with van der Waals surface area (Å²) in [7, 11) is 3.90. The van der Waals surface area contributed by atoms with Gasteiger partial charge in [-0.25, -0.2) is 4.99 Å². The summed E-state index contributed by atoms with van der Waals surface area (Å²) in [5.41, 5.74) is 8.40. The van der Waals surface area contributed by atoms with Gasteiger partial charge >= 0.3 is 5.97 Å². The van der Waals surface area contributed by atoms with Gasteiger partial charge in [-0.05, 0) is 167 Å². The number of carbonyl (C=O) groups excluding carboxylic acids is 1. The van der Waals surface area contributed by atoms with Crippen molar-refractivity contribution in [2.24, 2.45) is 79.7 Å². The van der Waals surface area contributed by atoms with Crippen molar-refractivity contribution in [1.82, 2.24) is 16.0 Å². The minimum Gasteiger partial charge on any atom is -0.504 e. The molecule has 424 valence electrons. The van der Waals surface area contributed by atoms with Gasteiger partial charge in [0.25, 0.3) is 0 Å². The molecule has 9 aliphatic carbocycles. The summed E-state index contributed by atoms with van der Waals surface area (Å²) >= 11 is 0. The zero-order valence-electron chi connectivity index (χ0n) is 46.0. The number of hydrogen-bond acceptors (Lipinski definition) is 15. The van der Waals surface area contributed by atoms with E-state index in [4.69, 9.17) is 20.2 Å². The molecule has 4 aliphatic heterocycles. The number of aliphatic imine (C=N–C) groups is 1. The van der Waals surface area contributed by atoms with Crippen LogP contribution in [0.1, 0.15) is 146 Å². The van der Waals surface area contributed by atoms with Crippen molar-refractivity contribution >= 4 is 33.5 Å². The van der Waals surface area contributed by atoms with Gasteiger partial charge in [-0.3, -0.25) is 4.79 Å². The minimum absolute atomic E-state index is 0.0527. The Hall–Kier alpha value is -3.64. The fourth-order valence-corrected chi connectivity index (χ4v) is 23.7. The van der Waals surface area contributed by atoms with Gasteiger partial charge in [0, 0.05) is 72.9 Å². The first-order valence-corrected chi connectivity index (χ1v) is 32.9. The molecule has 4 heterocycles. The first kappa shape index (κ1) is 53.4. The van der Waals surface area contributed by atoms with Crippen molar-refractivity contribution in [2.75, 3.05) is 25.4 Å². The van der Waals surface area contributed by atoms with Gasteiger partial charge in [-0.1, -0.05) is 94.1 Å². The number of esters is 1. The Morgan fingerprint density at radius 3 is 2.70 bits per heavy atom. The first-order valence-electron chi connectivity index (χ1n) is 30.5. The highest BCUT2D eigenvalue weighted by Gasteiger charge is 2.80. The van der Waals surface area contributed by atoms with E-state index in [2.05, 4.69) is 63.9 Å². The van der Waals surface area contributed by atoms with Crippen LogP contribution in [0.2, 0.25) is 0 Å². The molecule has 79 heavy (non-hydrogen) atoms. The van der Waals surface area contributed by atoms with Crippen molar-refractivity contribution in [3.63, 3.8) is 0 Å². The number of aliphatic hydroxyl groups is 4. The van der Waals surface area contributed by atoms with Crippen LogP contribution in [-0.2, 0) is 16.0 Å². The summed E-state index contributed by atoms with van der Waals surface area (Å²) in [5, 5.41) is 70.8. The third kappa shape index (κ3) is 8.39. The van der Waals surface area contributed by atoms with Crippen LogP contribution in [0.15, 0.2) is 53.1 Å². The Kier molecular flexibility index (Phi) is 13.5. The fourth-order valence-electron chi connectivity index (χ4n) is 20.9. The van der Waals surface area contributed by atoms with Crippen molar-refractivity contribution in [2.45, 2.75) is 188 Å². The first-order chi connectivity index (χ1) is 38.2. The molecule has 19 atom stereocenters. The normalized spacial score (nSPS) is 46.0. The Balaban J connectivity index is 0.970. The molecule has 6 spiro atoms. The maximum absolute atomic E-state index is 13.3. The summed E-state index contributed by atoms with van der Waals surface area (Å²) in [4.78, 5) is 18.9. The molecule has 5 saturated carbocycles. The largest absolute Gasteiger partial charge is 0.504 e. The number of ether oxygens (including phenoxy) is 2. The van der Waals surface area contributed by atoms with Crippen molar-refractivity contribution < 1.29 is 39.8 Å². The van der Waals surface area contributed by atoms with E-state index in [-0.39, 0.29) is 69.8 Å². The van der Waals surface area contributed by atoms with Crippen LogP contribution < -0.4 is 26.4 Å². The number of phenolic OH excluding ortho intramolecular Hbond substituents is 1. The van der Waals surface area contributed by atoms with Gasteiger partial charge in [0.2, 0.25) is 0 Å². The van der Waals surface area contributed by atoms with Crippen LogP contribution in [0.3, 0.4) is 0 Å². The van der Waals surface area contributed by atoms with E-state index in [9.17, 15) is 30.3 Å². The molecule has 1 aromatic rings. The van der Waals surface area contributed by atoms with Crippen LogP contribution in [0, 0.1) is 92.7 Å². The number of piperidine rings is 1. The Bertz CT molecular complexity index is 2870. The second kappa shape index (κ2) is 20.0. The lowest BCUT2D eigenvalue weighted by Gasteiger charge is -2.75. The maximum atomic E-state index is 13.3. The van der Waals surface area contributed by atoms with Crippen molar-refractivity contribution in [3.8, 4) is 35.2 Å². The molecule has 1 saturated heterocycles. The van der Waals surface area contributed by atoms with E-state index in [1.807, 2.05) is 27.7 Å². The topological polar surface area (TPSA) is 211 Å². The molecule has 10 N–H and O–H groups in total. The average molecular weight is 1110 g/mol. The monoisotopic (exact) mass is 1110 g/mol. The smallest absolute Gasteiger partial charge is 0.302 e. The predicted molar refractivity (Wildman–Crippen MR) is 307 cm³/mol. The van der Waals surface area contributed by atoms with E-state index in [0.29, 0.717) is 99.3 Å².